The monoisotopic (exact) mass is 512 g/mol. The fourth-order valence-corrected chi connectivity index (χ4v) is 18.0. The van der Waals surface area contributed by atoms with E-state index in [1.165, 1.54) is 54.9 Å². The molecule has 0 spiro atoms. The minimum Gasteiger partial charge on any atom is -0.0628 e. The Kier molecular flexibility index (Phi) is 4.14. The predicted molar refractivity (Wildman–Crippen MR) is 153 cm³/mol. The van der Waals surface area contributed by atoms with E-state index in [9.17, 15) is 0 Å². The second kappa shape index (κ2) is 6.96. The zero-order chi connectivity index (χ0) is 21.6. The van der Waals surface area contributed by atoms with Gasteiger partial charge in [-0.2, -0.15) is 0 Å². The highest BCUT2D eigenvalue weighted by Gasteiger charge is 2.67. The van der Waals surface area contributed by atoms with Crippen molar-refractivity contribution in [3.8, 4) is 11.1 Å². The lowest BCUT2D eigenvalue weighted by Crippen LogP contribution is -2.37. The molecule has 0 saturated carbocycles. The van der Waals surface area contributed by atoms with Crippen molar-refractivity contribution < 1.29 is 0 Å². The third kappa shape index (κ3) is 2.24. The minimum absolute atomic E-state index is 0.140. The second-order valence-electron chi connectivity index (χ2n) is 8.70. The van der Waals surface area contributed by atoms with Gasteiger partial charge in [-0.05, 0) is 84.4 Å². The summed E-state index contributed by atoms with van der Waals surface area (Å²) in [5, 5.41) is 5.65. The molecular formula is C28H16S5. The van der Waals surface area contributed by atoms with Gasteiger partial charge in [0.25, 0.3) is 0 Å². The highest BCUT2D eigenvalue weighted by atomic mass is 33.8. The van der Waals surface area contributed by atoms with E-state index in [2.05, 4.69) is 119 Å². The van der Waals surface area contributed by atoms with Crippen molar-refractivity contribution in [2.45, 2.75) is 9.49 Å². The van der Waals surface area contributed by atoms with Crippen molar-refractivity contribution in [3.05, 3.63) is 119 Å². The number of rotatable bonds is 1. The van der Waals surface area contributed by atoms with Gasteiger partial charge in [0.05, 0.1) is 0 Å². The van der Waals surface area contributed by atoms with Gasteiger partial charge in [0, 0.05) is 0 Å². The summed E-state index contributed by atoms with van der Waals surface area (Å²) in [6.07, 6.45) is 0. The van der Waals surface area contributed by atoms with E-state index in [0.29, 0.717) is 0 Å². The summed E-state index contributed by atoms with van der Waals surface area (Å²) in [5.41, 5.74) is 8.53. The smallest absolute Gasteiger partial charge is 0.0628 e. The van der Waals surface area contributed by atoms with E-state index in [0.717, 1.165) is 0 Å². The molecule has 1 aliphatic heterocycles. The topological polar surface area (TPSA) is 0 Å². The largest absolute Gasteiger partial charge is 0.102 e. The van der Waals surface area contributed by atoms with Crippen molar-refractivity contribution in [1.29, 1.82) is 0 Å². The summed E-state index contributed by atoms with van der Waals surface area (Å²) >= 11 is 0. The average Bonchev–Trinajstić information content (AvgIpc) is 3.14. The maximum absolute atomic E-state index is 2.44. The van der Waals surface area contributed by atoms with Crippen LogP contribution in [0.1, 0.15) is 22.3 Å². The van der Waals surface area contributed by atoms with Crippen molar-refractivity contribution in [1.82, 2.24) is 0 Å². The summed E-state index contributed by atoms with van der Waals surface area (Å²) in [7, 11) is 9.91. The molecule has 0 N–H and O–H groups in total. The van der Waals surface area contributed by atoms with E-state index in [-0.39, 0.29) is 9.49 Å². The van der Waals surface area contributed by atoms with Gasteiger partial charge in [-0.15, -0.1) is 0 Å². The van der Waals surface area contributed by atoms with Crippen LogP contribution >= 0.6 is 51.1 Å². The Morgan fingerprint density at radius 1 is 0.455 bits per heavy atom. The molecule has 0 nitrogen and oxygen atoms in total. The molecule has 3 aliphatic rings. The molecule has 1 fully saturated rings. The van der Waals surface area contributed by atoms with Gasteiger partial charge in [0.15, 0.2) is 0 Å². The quantitative estimate of drug-likeness (QED) is 0.204. The van der Waals surface area contributed by atoms with E-state index in [1.54, 1.807) is 0 Å². The minimum atomic E-state index is -0.140. The van der Waals surface area contributed by atoms with E-state index in [1.807, 2.05) is 29.5 Å². The summed E-state index contributed by atoms with van der Waals surface area (Å²) in [6.45, 7) is 0. The van der Waals surface area contributed by atoms with Crippen LogP contribution in [0.15, 0.2) is 97.1 Å². The summed E-state index contributed by atoms with van der Waals surface area (Å²) in [6, 6.07) is 36.5. The van der Waals surface area contributed by atoms with E-state index >= 15 is 0 Å². The van der Waals surface area contributed by atoms with Crippen LogP contribution in [0, 0.1) is 0 Å². The zero-order valence-corrected chi connectivity index (χ0v) is 21.4. The molecule has 1 saturated heterocycles. The first-order valence-electron chi connectivity index (χ1n) is 10.9. The molecular weight excluding hydrogens is 497 g/mol. The number of hydrogen-bond acceptors (Lipinski definition) is 5. The number of hydrogen-bond donors (Lipinski definition) is 0. The fraction of sp³-hybridized carbons (Fsp3) is 0.0714. The van der Waals surface area contributed by atoms with Crippen LogP contribution in [0.4, 0.5) is 0 Å². The highest BCUT2D eigenvalue weighted by Crippen LogP contribution is 2.82. The fourth-order valence-electron chi connectivity index (χ4n) is 6.28. The third-order valence-corrected chi connectivity index (χ3v) is 17.3. The zero-order valence-electron chi connectivity index (χ0n) is 17.3. The molecule has 2 atom stereocenters. The molecule has 5 aromatic rings. The molecule has 2 aliphatic carbocycles. The lowest BCUT2D eigenvalue weighted by molar-refractivity contribution is 0.655. The van der Waals surface area contributed by atoms with Crippen molar-refractivity contribution in [2.24, 2.45) is 0 Å². The lowest BCUT2D eigenvalue weighted by Gasteiger charge is -2.40. The first-order valence-corrected chi connectivity index (χ1v) is 17.0. The van der Waals surface area contributed by atoms with Crippen LogP contribution in [0.2, 0.25) is 0 Å². The first kappa shape index (κ1) is 19.7. The number of benzene rings is 5. The molecule has 0 amide bonds. The van der Waals surface area contributed by atoms with Crippen LogP contribution in [0.25, 0.3) is 32.7 Å². The normalized spacial score (nSPS) is 24.6. The molecule has 5 heteroatoms. The Morgan fingerprint density at radius 3 is 1.76 bits per heavy atom. The Bertz CT molecular complexity index is 1550. The molecule has 1 heterocycles. The van der Waals surface area contributed by atoms with Crippen LogP contribution < -0.4 is 0 Å². The van der Waals surface area contributed by atoms with Gasteiger partial charge in [-0.3, -0.25) is 0 Å². The summed E-state index contributed by atoms with van der Waals surface area (Å²) in [5.74, 6) is 0. The van der Waals surface area contributed by atoms with Gasteiger partial charge < -0.3 is 0 Å². The molecule has 0 aromatic heterocycles. The van der Waals surface area contributed by atoms with Crippen molar-refractivity contribution >= 4 is 72.6 Å². The third-order valence-electron chi connectivity index (χ3n) is 7.42. The lowest BCUT2D eigenvalue weighted by atomic mass is 9.85. The Hall–Kier alpha value is -1.63. The summed E-state index contributed by atoms with van der Waals surface area (Å²) in [4.78, 5) is 0. The van der Waals surface area contributed by atoms with Crippen LogP contribution in [0.5, 0.6) is 0 Å². The standard InChI is InChI=1S/C28H16S5/c1-2-7-17(8-3-1)19-15-16-24-26-20(19)11-6-14-23(26)27-21-12-4-9-18-10-5-13-22(25(18)21)28(24,27)30-32-33-31-29-27/h1-16H/t27-,28+/m1/s1. The predicted octanol–water partition coefficient (Wildman–Crippen LogP) is 9.81. The molecule has 0 radical (unpaired) electrons. The van der Waals surface area contributed by atoms with Gasteiger partial charge in [-0.25, -0.2) is 0 Å². The first-order chi connectivity index (χ1) is 16.4. The van der Waals surface area contributed by atoms with E-state index in [4.69, 9.17) is 0 Å². The molecule has 8 rings (SSSR count). The average molecular weight is 513 g/mol. The van der Waals surface area contributed by atoms with Gasteiger partial charge in [0.2, 0.25) is 0 Å². The van der Waals surface area contributed by atoms with Crippen molar-refractivity contribution in [3.63, 3.8) is 0 Å². The Morgan fingerprint density at radius 2 is 1.06 bits per heavy atom. The molecule has 0 unspecified atom stereocenters. The SMILES string of the molecule is c1ccc(-c2ccc3c4c(cccc24)[C@@]24SSSSS[C@@]32c2cccc3cccc4c23)cc1. The van der Waals surface area contributed by atoms with Crippen LogP contribution in [-0.2, 0) is 9.49 Å². The maximum atomic E-state index is 2.44. The molecule has 158 valence electrons. The van der Waals surface area contributed by atoms with Crippen LogP contribution in [0.3, 0.4) is 0 Å². The molecule has 33 heavy (non-hydrogen) atoms. The van der Waals surface area contributed by atoms with Gasteiger partial charge in [0.1, 0.15) is 9.49 Å². The highest BCUT2D eigenvalue weighted by molar-refractivity contribution is 9.36. The van der Waals surface area contributed by atoms with Gasteiger partial charge >= 0.3 is 0 Å². The maximum Gasteiger partial charge on any atom is 0.102 e. The van der Waals surface area contributed by atoms with Crippen LogP contribution in [-0.4, -0.2) is 0 Å². The van der Waals surface area contributed by atoms with Gasteiger partial charge in [-0.1, -0.05) is 119 Å². The van der Waals surface area contributed by atoms with E-state index < -0.39 is 0 Å². The Balaban J connectivity index is 1.57. The molecule has 0 bridgehead atoms. The Labute approximate surface area is 211 Å². The molecule has 5 aromatic carbocycles. The van der Waals surface area contributed by atoms with Crippen molar-refractivity contribution in [2.75, 3.05) is 0 Å². The summed E-state index contributed by atoms with van der Waals surface area (Å²) < 4.78 is -0.279. The second-order valence-corrected chi connectivity index (χ2v) is 16.6.